The third kappa shape index (κ3) is 3.77. The maximum atomic E-state index is 12.0. The minimum absolute atomic E-state index is 0.203. The quantitative estimate of drug-likeness (QED) is 0.844. The molecule has 0 atom stereocenters. The SMILES string of the molecule is CNCc1cccc(NC(=O)c2ccnc(Cl)c2)c1. The number of aromatic nitrogens is 1. The zero-order valence-corrected chi connectivity index (χ0v) is 11.2. The molecule has 0 aliphatic carbocycles. The highest BCUT2D eigenvalue weighted by atomic mass is 35.5. The number of benzene rings is 1. The van der Waals surface area contributed by atoms with Gasteiger partial charge in [-0.05, 0) is 36.9 Å². The average molecular weight is 276 g/mol. The van der Waals surface area contributed by atoms with Gasteiger partial charge in [0.2, 0.25) is 0 Å². The summed E-state index contributed by atoms with van der Waals surface area (Å²) in [6, 6.07) is 10.8. The zero-order chi connectivity index (χ0) is 13.7. The first-order chi connectivity index (χ1) is 9.19. The molecule has 0 radical (unpaired) electrons. The lowest BCUT2D eigenvalue weighted by Crippen LogP contribution is -2.12. The summed E-state index contributed by atoms with van der Waals surface area (Å²) in [5.74, 6) is -0.203. The van der Waals surface area contributed by atoms with E-state index in [1.165, 1.54) is 12.3 Å². The first-order valence-electron chi connectivity index (χ1n) is 5.85. The van der Waals surface area contributed by atoms with Gasteiger partial charge in [0.1, 0.15) is 5.15 Å². The molecule has 0 unspecified atom stereocenters. The van der Waals surface area contributed by atoms with Crippen molar-refractivity contribution in [2.24, 2.45) is 0 Å². The Bertz CT molecular complexity index is 586. The zero-order valence-electron chi connectivity index (χ0n) is 10.5. The van der Waals surface area contributed by atoms with E-state index in [0.29, 0.717) is 10.7 Å². The van der Waals surface area contributed by atoms with Crippen LogP contribution in [0.15, 0.2) is 42.6 Å². The van der Waals surface area contributed by atoms with Gasteiger partial charge in [-0.1, -0.05) is 23.7 Å². The fraction of sp³-hybridized carbons (Fsp3) is 0.143. The number of anilines is 1. The molecule has 2 aromatic rings. The Labute approximate surface area is 116 Å². The molecule has 1 aromatic heterocycles. The van der Waals surface area contributed by atoms with Gasteiger partial charge in [-0.2, -0.15) is 0 Å². The van der Waals surface area contributed by atoms with Crippen LogP contribution in [0.3, 0.4) is 0 Å². The van der Waals surface area contributed by atoms with E-state index in [2.05, 4.69) is 15.6 Å². The molecule has 4 nitrogen and oxygen atoms in total. The summed E-state index contributed by atoms with van der Waals surface area (Å²) >= 11 is 5.76. The van der Waals surface area contributed by atoms with Gasteiger partial charge in [0.05, 0.1) is 0 Å². The third-order valence-electron chi connectivity index (χ3n) is 2.55. The van der Waals surface area contributed by atoms with E-state index >= 15 is 0 Å². The number of carbonyl (C=O) groups is 1. The summed E-state index contributed by atoms with van der Waals surface area (Å²) < 4.78 is 0. The minimum Gasteiger partial charge on any atom is -0.322 e. The molecule has 0 saturated carbocycles. The third-order valence-corrected chi connectivity index (χ3v) is 2.76. The second-order valence-corrected chi connectivity index (χ2v) is 4.44. The predicted octanol–water partition coefficient (Wildman–Crippen LogP) is 2.71. The van der Waals surface area contributed by atoms with Crippen molar-refractivity contribution in [3.05, 3.63) is 58.9 Å². The lowest BCUT2D eigenvalue weighted by Gasteiger charge is -2.07. The minimum atomic E-state index is -0.203. The van der Waals surface area contributed by atoms with Crippen LogP contribution in [0, 0.1) is 0 Å². The van der Waals surface area contributed by atoms with E-state index < -0.39 is 0 Å². The topological polar surface area (TPSA) is 54.0 Å². The number of nitrogens with one attached hydrogen (secondary N) is 2. The maximum absolute atomic E-state index is 12.0. The maximum Gasteiger partial charge on any atom is 0.255 e. The summed E-state index contributed by atoms with van der Waals surface area (Å²) in [6.45, 7) is 0.755. The number of pyridine rings is 1. The number of hydrogen-bond acceptors (Lipinski definition) is 3. The van der Waals surface area contributed by atoms with Crippen LogP contribution in [0.2, 0.25) is 5.15 Å². The normalized spacial score (nSPS) is 10.2. The van der Waals surface area contributed by atoms with E-state index in [9.17, 15) is 4.79 Å². The number of halogens is 1. The van der Waals surface area contributed by atoms with E-state index in [-0.39, 0.29) is 5.91 Å². The molecule has 19 heavy (non-hydrogen) atoms. The molecule has 0 spiro atoms. The average Bonchev–Trinajstić information content (AvgIpc) is 2.39. The molecular formula is C14H14ClN3O. The molecule has 0 fully saturated rings. The summed E-state index contributed by atoms with van der Waals surface area (Å²) in [4.78, 5) is 15.9. The molecule has 5 heteroatoms. The van der Waals surface area contributed by atoms with Crippen LogP contribution in [0.1, 0.15) is 15.9 Å². The van der Waals surface area contributed by atoms with Gasteiger partial charge in [-0.25, -0.2) is 4.98 Å². The van der Waals surface area contributed by atoms with Crippen molar-refractivity contribution in [2.75, 3.05) is 12.4 Å². The molecule has 0 bridgehead atoms. The Morgan fingerprint density at radius 3 is 2.89 bits per heavy atom. The summed E-state index contributed by atoms with van der Waals surface area (Å²) in [7, 11) is 1.88. The van der Waals surface area contributed by atoms with Gasteiger partial charge in [-0.15, -0.1) is 0 Å². The molecule has 2 rings (SSSR count). The fourth-order valence-electron chi connectivity index (χ4n) is 1.71. The van der Waals surface area contributed by atoms with Crippen molar-refractivity contribution >= 4 is 23.2 Å². The summed E-state index contributed by atoms with van der Waals surface area (Å²) in [6.07, 6.45) is 1.51. The second-order valence-electron chi connectivity index (χ2n) is 4.05. The van der Waals surface area contributed by atoms with Crippen molar-refractivity contribution in [1.82, 2.24) is 10.3 Å². The van der Waals surface area contributed by atoms with Gasteiger partial charge >= 0.3 is 0 Å². The molecule has 1 amide bonds. The van der Waals surface area contributed by atoms with Crippen molar-refractivity contribution in [3.8, 4) is 0 Å². The van der Waals surface area contributed by atoms with Gasteiger partial charge < -0.3 is 10.6 Å². The smallest absolute Gasteiger partial charge is 0.255 e. The van der Waals surface area contributed by atoms with Gasteiger partial charge in [0.15, 0.2) is 0 Å². The van der Waals surface area contributed by atoms with Crippen LogP contribution in [0.5, 0.6) is 0 Å². The number of carbonyl (C=O) groups excluding carboxylic acids is 1. The van der Waals surface area contributed by atoms with E-state index in [1.54, 1.807) is 6.07 Å². The van der Waals surface area contributed by atoms with Gasteiger partial charge in [-0.3, -0.25) is 4.79 Å². The van der Waals surface area contributed by atoms with Crippen LogP contribution in [0.4, 0.5) is 5.69 Å². The van der Waals surface area contributed by atoms with Crippen molar-refractivity contribution in [3.63, 3.8) is 0 Å². The molecule has 98 valence electrons. The Morgan fingerprint density at radius 1 is 1.32 bits per heavy atom. The number of rotatable bonds is 4. The van der Waals surface area contributed by atoms with Crippen LogP contribution >= 0.6 is 11.6 Å². The van der Waals surface area contributed by atoms with Gasteiger partial charge in [0.25, 0.3) is 5.91 Å². The van der Waals surface area contributed by atoms with E-state index in [4.69, 9.17) is 11.6 Å². The van der Waals surface area contributed by atoms with Gasteiger partial charge in [0, 0.05) is 24.0 Å². The summed E-state index contributed by atoms with van der Waals surface area (Å²) in [5, 5.41) is 6.20. The van der Waals surface area contributed by atoms with Crippen molar-refractivity contribution in [1.29, 1.82) is 0 Å². The van der Waals surface area contributed by atoms with Crippen LogP contribution in [-0.2, 0) is 6.54 Å². The van der Waals surface area contributed by atoms with E-state index in [1.807, 2.05) is 31.3 Å². The molecule has 0 aliphatic heterocycles. The molecule has 1 aromatic carbocycles. The van der Waals surface area contributed by atoms with Crippen LogP contribution in [0.25, 0.3) is 0 Å². The lowest BCUT2D eigenvalue weighted by atomic mass is 10.2. The highest BCUT2D eigenvalue weighted by Gasteiger charge is 2.07. The first-order valence-corrected chi connectivity index (χ1v) is 6.23. The second kappa shape index (κ2) is 6.31. The standard InChI is InChI=1S/C14H14ClN3O/c1-16-9-10-3-2-4-12(7-10)18-14(19)11-5-6-17-13(15)8-11/h2-8,16H,9H2,1H3,(H,18,19). The Balaban J connectivity index is 2.12. The van der Waals surface area contributed by atoms with Crippen LogP contribution < -0.4 is 10.6 Å². The lowest BCUT2D eigenvalue weighted by molar-refractivity contribution is 0.102. The van der Waals surface area contributed by atoms with Crippen molar-refractivity contribution < 1.29 is 4.79 Å². The van der Waals surface area contributed by atoms with Crippen LogP contribution in [-0.4, -0.2) is 17.9 Å². The number of hydrogen-bond donors (Lipinski definition) is 2. The van der Waals surface area contributed by atoms with E-state index in [0.717, 1.165) is 17.8 Å². The molecule has 0 aliphatic rings. The van der Waals surface area contributed by atoms with Crippen molar-refractivity contribution in [2.45, 2.75) is 6.54 Å². The first kappa shape index (κ1) is 13.5. The molecule has 1 heterocycles. The number of amides is 1. The molecular weight excluding hydrogens is 262 g/mol. The Morgan fingerprint density at radius 2 is 2.16 bits per heavy atom. The Hall–Kier alpha value is -1.91. The molecule has 0 saturated heterocycles. The predicted molar refractivity (Wildman–Crippen MR) is 76.4 cm³/mol. The highest BCUT2D eigenvalue weighted by Crippen LogP contribution is 2.13. The highest BCUT2D eigenvalue weighted by molar-refractivity contribution is 6.29. The molecule has 2 N–H and O–H groups in total. The largest absolute Gasteiger partial charge is 0.322 e. The monoisotopic (exact) mass is 275 g/mol. The summed E-state index contributed by atoms with van der Waals surface area (Å²) in [5.41, 5.74) is 2.35. The Kier molecular flexibility index (Phi) is 4.49. The fourth-order valence-corrected chi connectivity index (χ4v) is 1.88. The number of nitrogens with zero attached hydrogens (tertiary/aromatic N) is 1.